The standard InChI is InChI=1S/C5H5N.Cs/c1-2-4-6-5-3-1;/h1-5H;. The molecule has 0 saturated heterocycles. The molecule has 1 aromatic rings. The summed E-state index contributed by atoms with van der Waals surface area (Å²) >= 11 is 0. The van der Waals surface area contributed by atoms with Crippen molar-refractivity contribution in [3.63, 3.8) is 0 Å². The molecule has 31 valence electrons. The number of aromatic nitrogens is 1. The van der Waals surface area contributed by atoms with Gasteiger partial charge in [-0.2, -0.15) is 0 Å². The van der Waals surface area contributed by atoms with Crippen LogP contribution < -0.4 is 0 Å². The first kappa shape index (κ1) is 8.20. The second-order valence-corrected chi connectivity index (χ2v) is 1.02. The summed E-state index contributed by atoms with van der Waals surface area (Å²) in [5.74, 6) is 0. The molecular formula is C5H5CsN. The third-order valence-corrected chi connectivity index (χ3v) is 0.566. The summed E-state index contributed by atoms with van der Waals surface area (Å²) in [4.78, 5) is 3.78. The summed E-state index contributed by atoms with van der Waals surface area (Å²) < 4.78 is 0. The van der Waals surface area contributed by atoms with Crippen molar-refractivity contribution in [2.75, 3.05) is 0 Å². The van der Waals surface area contributed by atoms with Gasteiger partial charge in [-0.25, -0.2) is 0 Å². The second-order valence-electron chi connectivity index (χ2n) is 1.02. The maximum Gasteiger partial charge on any atom is 0.0267 e. The van der Waals surface area contributed by atoms with Crippen LogP contribution in [0.4, 0.5) is 0 Å². The van der Waals surface area contributed by atoms with E-state index in [1.165, 1.54) is 0 Å². The Morgan fingerprint density at radius 2 is 1.43 bits per heavy atom. The molecule has 0 aliphatic heterocycles. The van der Waals surface area contributed by atoms with Gasteiger partial charge in [0.2, 0.25) is 0 Å². The van der Waals surface area contributed by atoms with E-state index in [1.807, 2.05) is 18.2 Å². The summed E-state index contributed by atoms with van der Waals surface area (Å²) in [6.07, 6.45) is 3.50. The van der Waals surface area contributed by atoms with E-state index in [0.29, 0.717) is 0 Å². The average Bonchev–Trinajstić information content (AvgIpc) is 1.72. The third-order valence-electron chi connectivity index (χ3n) is 0.566. The Bertz CT molecular complexity index is 80.0. The van der Waals surface area contributed by atoms with Crippen LogP contribution in [0.3, 0.4) is 0 Å². The fraction of sp³-hybridized carbons (Fsp3) is 0. The fourth-order valence-electron chi connectivity index (χ4n) is 0.313. The molecular weight excluding hydrogens is 207 g/mol. The van der Waals surface area contributed by atoms with Crippen LogP contribution >= 0.6 is 0 Å². The summed E-state index contributed by atoms with van der Waals surface area (Å²) in [5.41, 5.74) is 0. The van der Waals surface area contributed by atoms with Crippen molar-refractivity contribution < 1.29 is 0 Å². The maximum absolute atomic E-state index is 3.78. The largest absolute Gasteiger partial charge is 0.265 e. The van der Waals surface area contributed by atoms with Gasteiger partial charge in [0.1, 0.15) is 0 Å². The predicted octanol–water partition coefficient (Wildman–Crippen LogP) is 0.701. The van der Waals surface area contributed by atoms with Gasteiger partial charge in [0.05, 0.1) is 0 Å². The molecule has 0 spiro atoms. The number of nitrogens with zero attached hydrogens (tertiary/aromatic N) is 1. The minimum Gasteiger partial charge on any atom is -0.265 e. The van der Waals surface area contributed by atoms with Gasteiger partial charge in [-0.1, -0.05) is 6.07 Å². The van der Waals surface area contributed by atoms with Crippen LogP contribution in [0.5, 0.6) is 0 Å². The smallest absolute Gasteiger partial charge is 0.0267 e. The SMILES string of the molecule is [Cs].c1ccncc1. The van der Waals surface area contributed by atoms with Crippen molar-refractivity contribution in [1.29, 1.82) is 0 Å². The van der Waals surface area contributed by atoms with E-state index in [2.05, 4.69) is 4.98 Å². The van der Waals surface area contributed by atoms with Gasteiger partial charge in [-0.15, -0.1) is 0 Å². The van der Waals surface area contributed by atoms with Crippen molar-refractivity contribution in [3.05, 3.63) is 30.6 Å². The van der Waals surface area contributed by atoms with E-state index < -0.39 is 0 Å². The van der Waals surface area contributed by atoms with E-state index in [-0.39, 0.29) is 68.9 Å². The van der Waals surface area contributed by atoms with Gasteiger partial charge in [0.25, 0.3) is 0 Å². The average molecular weight is 212 g/mol. The van der Waals surface area contributed by atoms with Crippen molar-refractivity contribution in [1.82, 2.24) is 4.98 Å². The zero-order valence-corrected chi connectivity index (χ0v) is 10.6. The van der Waals surface area contributed by atoms with Crippen LogP contribution in [-0.2, 0) is 0 Å². The molecule has 0 amide bonds. The molecule has 0 fully saturated rings. The van der Waals surface area contributed by atoms with Gasteiger partial charge in [0.15, 0.2) is 0 Å². The first-order valence-electron chi connectivity index (χ1n) is 1.85. The minimum absolute atomic E-state index is 0. The summed E-state index contributed by atoms with van der Waals surface area (Å²) in [6, 6.07) is 5.72. The molecule has 1 rings (SSSR count). The quantitative estimate of drug-likeness (QED) is 0.616. The summed E-state index contributed by atoms with van der Waals surface area (Å²) in [6.45, 7) is 0. The van der Waals surface area contributed by atoms with Crippen LogP contribution in [0.15, 0.2) is 30.6 Å². The molecule has 0 N–H and O–H groups in total. The van der Waals surface area contributed by atoms with Crippen molar-refractivity contribution >= 4 is 68.9 Å². The Balaban J connectivity index is 0.000000360. The predicted molar refractivity (Wildman–Crippen MR) is 30.0 cm³/mol. The number of pyridine rings is 1. The molecule has 1 nitrogen and oxygen atoms in total. The topological polar surface area (TPSA) is 12.9 Å². The van der Waals surface area contributed by atoms with E-state index in [4.69, 9.17) is 0 Å². The van der Waals surface area contributed by atoms with E-state index in [1.54, 1.807) is 12.4 Å². The van der Waals surface area contributed by atoms with Crippen LogP contribution in [0.25, 0.3) is 0 Å². The molecule has 1 aromatic heterocycles. The normalized spacial score (nSPS) is 6.86. The molecule has 7 heavy (non-hydrogen) atoms. The third kappa shape index (κ3) is 3.76. The van der Waals surface area contributed by atoms with Crippen LogP contribution in [0, 0.1) is 0 Å². The Kier molecular flexibility index (Phi) is 6.26. The van der Waals surface area contributed by atoms with Gasteiger partial charge in [-0.05, 0) is 12.1 Å². The molecule has 0 aliphatic rings. The Labute approximate surface area is 102 Å². The molecule has 0 saturated carbocycles. The van der Waals surface area contributed by atoms with Crippen LogP contribution in [-0.4, -0.2) is 73.9 Å². The zero-order chi connectivity index (χ0) is 4.24. The number of rotatable bonds is 0. The second kappa shape index (κ2) is 5.34. The molecule has 2 heteroatoms. The molecule has 1 radical (unpaired) electrons. The van der Waals surface area contributed by atoms with Crippen molar-refractivity contribution in [2.45, 2.75) is 0 Å². The Morgan fingerprint density at radius 1 is 0.857 bits per heavy atom. The Morgan fingerprint density at radius 3 is 1.57 bits per heavy atom. The number of hydrogen-bond donors (Lipinski definition) is 0. The molecule has 1 heterocycles. The van der Waals surface area contributed by atoms with Crippen LogP contribution in [0.2, 0.25) is 0 Å². The molecule has 0 atom stereocenters. The van der Waals surface area contributed by atoms with Crippen molar-refractivity contribution in [2.24, 2.45) is 0 Å². The van der Waals surface area contributed by atoms with Gasteiger partial charge in [-0.3, -0.25) is 4.98 Å². The first-order valence-corrected chi connectivity index (χ1v) is 1.85. The van der Waals surface area contributed by atoms with Crippen molar-refractivity contribution in [3.8, 4) is 0 Å². The van der Waals surface area contributed by atoms with Gasteiger partial charge < -0.3 is 0 Å². The van der Waals surface area contributed by atoms with E-state index in [9.17, 15) is 0 Å². The van der Waals surface area contributed by atoms with Gasteiger partial charge in [0, 0.05) is 81.3 Å². The summed E-state index contributed by atoms with van der Waals surface area (Å²) in [5, 5.41) is 0. The van der Waals surface area contributed by atoms with E-state index >= 15 is 0 Å². The molecule has 0 bridgehead atoms. The molecule has 0 aliphatic carbocycles. The first-order chi connectivity index (χ1) is 3.00. The Hall–Kier alpha value is 1.20. The fourth-order valence-corrected chi connectivity index (χ4v) is 0.313. The monoisotopic (exact) mass is 212 g/mol. The van der Waals surface area contributed by atoms with Crippen LogP contribution in [0.1, 0.15) is 0 Å². The number of hydrogen-bond acceptors (Lipinski definition) is 1. The summed E-state index contributed by atoms with van der Waals surface area (Å²) in [7, 11) is 0. The van der Waals surface area contributed by atoms with E-state index in [0.717, 1.165) is 0 Å². The minimum atomic E-state index is 0. The zero-order valence-electron chi connectivity index (χ0n) is 4.33. The molecule has 0 unspecified atom stereocenters. The maximum atomic E-state index is 3.78. The van der Waals surface area contributed by atoms with Gasteiger partial charge >= 0.3 is 0 Å². The molecule has 0 aromatic carbocycles.